The van der Waals surface area contributed by atoms with Crippen molar-refractivity contribution >= 4 is 23.2 Å². The highest BCUT2D eigenvalue weighted by atomic mass is 32.2. The van der Waals surface area contributed by atoms with Crippen molar-refractivity contribution in [1.29, 1.82) is 0 Å². The Morgan fingerprint density at radius 2 is 1.67 bits per heavy atom. The maximum absolute atomic E-state index is 14.8. The molecule has 0 aromatic heterocycles. The number of hydrogen-bond acceptors (Lipinski definition) is 3. The van der Waals surface area contributed by atoms with Crippen molar-refractivity contribution < 1.29 is 14.3 Å². The predicted molar refractivity (Wildman–Crippen MR) is 119 cm³/mol. The van der Waals surface area contributed by atoms with Crippen LogP contribution in [0, 0.1) is 12.7 Å². The fraction of sp³-hybridized carbons (Fsp3) is 0.160. The highest BCUT2D eigenvalue weighted by molar-refractivity contribution is 7.98. The molecule has 0 fully saturated rings. The quantitative estimate of drug-likeness (QED) is 0.523. The van der Waals surface area contributed by atoms with Gasteiger partial charge in [0.1, 0.15) is 5.82 Å². The first-order valence-electron chi connectivity index (χ1n) is 9.68. The van der Waals surface area contributed by atoms with E-state index in [-0.39, 0.29) is 12.3 Å². The van der Waals surface area contributed by atoms with Crippen molar-refractivity contribution in [3.8, 4) is 0 Å². The van der Waals surface area contributed by atoms with E-state index >= 15 is 0 Å². The van der Waals surface area contributed by atoms with E-state index in [4.69, 9.17) is 0 Å². The number of aliphatic hydroxyl groups is 1. The Bertz CT molecular complexity index is 1110. The molecule has 0 radical (unpaired) electrons. The van der Waals surface area contributed by atoms with Crippen LogP contribution in [-0.4, -0.2) is 22.2 Å². The summed E-state index contributed by atoms with van der Waals surface area (Å²) in [6.07, 6.45) is 2.00. The molecule has 0 aliphatic carbocycles. The number of benzene rings is 3. The summed E-state index contributed by atoms with van der Waals surface area (Å²) >= 11 is 1.64. The van der Waals surface area contributed by atoms with Crippen LogP contribution >= 0.6 is 11.8 Å². The molecule has 152 valence electrons. The Morgan fingerprint density at radius 3 is 2.30 bits per heavy atom. The van der Waals surface area contributed by atoms with Crippen LogP contribution in [0.1, 0.15) is 28.3 Å². The molecule has 30 heavy (non-hydrogen) atoms. The van der Waals surface area contributed by atoms with Gasteiger partial charge in [-0.1, -0.05) is 60.2 Å². The minimum atomic E-state index is -0.707. The normalized spacial score (nSPS) is 16.4. The minimum Gasteiger partial charge on any atom is -0.503 e. The smallest absolute Gasteiger partial charge is 0.290 e. The Kier molecular flexibility index (Phi) is 5.64. The fourth-order valence-corrected chi connectivity index (χ4v) is 4.20. The molecule has 1 aliphatic heterocycles. The van der Waals surface area contributed by atoms with E-state index in [1.165, 1.54) is 11.0 Å². The molecule has 4 rings (SSSR count). The summed E-state index contributed by atoms with van der Waals surface area (Å²) in [7, 11) is 0. The highest BCUT2D eigenvalue weighted by Gasteiger charge is 2.42. The molecule has 1 amide bonds. The summed E-state index contributed by atoms with van der Waals surface area (Å²) in [5, 5.41) is 10.8. The second-order valence-electron chi connectivity index (χ2n) is 7.33. The van der Waals surface area contributed by atoms with Gasteiger partial charge in [0.05, 0.1) is 6.04 Å². The average Bonchev–Trinajstić information content (AvgIpc) is 3.00. The van der Waals surface area contributed by atoms with Gasteiger partial charge in [0.2, 0.25) is 0 Å². The Morgan fingerprint density at radius 1 is 1.00 bits per heavy atom. The molecule has 3 aromatic rings. The van der Waals surface area contributed by atoms with E-state index in [0.717, 1.165) is 16.0 Å². The minimum absolute atomic E-state index is 0.270. The van der Waals surface area contributed by atoms with Crippen molar-refractivity contribution in [2.75, 3.05) is 6.26 Å². The lowest BCUT2D eigenvalue weighted by Crippen LogP contribution is -2.30. The number of halogens is 1. The SMILES string of the molecule is CSc1ccc(CN2C(=O)C(O)=C(c3ccc(C)cc3)C2c2ccccc2F)cc1. The van der Waals surface area contributed by atoms with Crippen LogP contribution in [0.15, 0.2) is 83.5 Å². The summed E-state index contributed by atoms with van der Waals surface area (Å²) < 4.78 is 14.8. The maximum Gasteiger partial charge on any atom is 0.290 e. The van der Waals surface area contributed by atoms with Gasteiger partial charge in [-0.3, -0.25) is 4.79 Å². The van der Waals surface area contributed by atoms with Crippen molar-refractivity contribution in [3.63, 3.8) is 0 Å². The number of rotatable bonds is 5. The third kappa shape index (κ3) is 3.73. The second-order valence-corrected chi connectivity index (χ2v) is 8.21. The summed E-state index contributed by atoms with van der Waals surface area (Å²) in [5.41, 5.74) is 3.49. The zero-order valence-corrected chi connectivity index (χ0v) is 17.6. The lowest BCUT2D eigenvalue weighted by atomic mass is 9.92. The molecule has 1 aliphatic rings. The monoisotopic (exact) mass is 419 g/mol. The molecule has 5 heteroatoms. The van der Waals surface area contributed by atoms with E-state index in [1.807, 2.05) is 61.7 Å². The number of thioether (sulfide) groups is 1. The molecule has 0 saturated carbocycles. The van der Waals surface area contributed by atoms with Crippen LogP contribution in [0.25, 0.3) is 5.57 Å². The van der Waals surface area contributed by atoms with Gasteiger partial charge in [0.25, 0.3) is 5.91 Å². The van der Waals surface area contributed by atoms with Crippen LogP contribution in [0.5, 0.6) is 0 Å². The first kappa shape index (κ1) is 20.2. The standard InChI is InChI=1S/C25H22FNO2S/c1-16-7-11-18(12-8-16)22-23(20-5-3-4-6-21(20)26)27(25(29)24(22)28)15-17-9-13-19(30-2)14-10-17/h3-14,23,28H,15H2,1-2H3. The Labute approximate surface area is 179 Å². The first-order chi connectivity index (χ1) is 14.5. The van der Waals surface area contributed by atoms with Crippen LogP contribution in [0.3, 0.4) is 0 Å². The Balaban J connectivity index is 1.80. The van der Waals surface area contributed by atoms with Gasteiger partial charge in [-0.25, -0.2) is 4.39 Å². The summed E-state index contributed by atoms with van der Waals surface area (Å²) in [4.78, 5) is 15.7. The molecule has 1 atom stereocenters. The average molecular weight is 420 g/mol. The zero-order chi connectivity index (χ0) is 21.3. The molecular weight excluding hydrogens is 397 g/mol. The molecule has 1 unspecified atom stereocenters. The van der Waals surface area contributed by atoms with Gasteiger partial charge < -0.3 is 10.0 Å². The molecule has 3 aromatic carbocycles. The Hall–Kier alpha value is -3.05. The number of nitrogens with zero attached hydrogens (tertiary/aromatic N) is 1. The number of carbonyl (C=O) groups is 1. The summed E-state index contributed by atoms with van der Waals surface area (Å²) in [5.74, 6) is -1.22. The van der Waals surface area contributed by atoms with Crippen LogP contribution in [-0.2, 0) is 11.3 Å². The number of aryl methyl sites for hydroxylation is 1. The third-order valence-electron chi connectivity index (χ3n) is 5.38. The number of amides is 1. The first-order valence-corrected chi connectivity index (χ1v) is 10.9. The number of aliphatic hydroxyl groups excluding tert-OH is 1. The third-order valence-corrected chi connectivity index (χ3v) is 6.12. The molecule has 0 spiro atoms. The van der Waals surface area contributed by atoms with Crippen molar-refractivity contribution in [1.82, 2.24) is 4.90 Å². The van der Waals surface area contributed by atoms with E-state index in [0.29, 0.717) is 16.7 Å². The van der Waals surface area contributed by atoms with Crippen molar-refractivity contribution in [2.45, 2.75) is 24.4 Å². The summed E-state index contributed by atoms with van der Waals surface area (Å²) in [6.45, 7) is 2.24. The highest BCUT2D eigenvalue weighted by Crippen LogP contribution is 2.44. The lowest BCUT2D eigenvalue weighted by molar-refractivity contribution is -0.130. The van der Waals surface area contributed by atoms with E-state index in [1.54, 1.807) is 30.0 Å². The lowest BCUT2D eigenvalue weighted by Gasteiger charge is -2.28. The van der Waals surface area contributed by atoms with Gasteiger partial charge in [0, 0.05) is 22.6 Å². The van der Waals surface area contributed by atoms with E-state index in [9.17, 15) is 14.3 Å². The summed E-state index contributed by atoms with van der Waals surface area (Å²) in [6, 6.07) is 21.2. The number of carbonyl (C=O) groups excluding carboxylic acids is 1. The van der Waals surface area contributed by atoms with Gasteiger partial charge >= 0.3 is 0 Å². The van der Waals surface area contributed by atoms with E-state index < -0.39 is 17.8 Å². The largest absolute Gasteiger partial charge is 0.503 e. The molecule has 1 N–H and O–H groups in total. The van der Waals surface area contributed by atoms with Gasteiger partial charge in [-0.05, 0) is 42.5 Å². The van der Waals surface area contributed by atoms with Crippen LogP contribution in [0.2, 0.25) is 0 Å². The zero-order valence-electron chi connectivity index (χ0n) is 16.8. The van der Waals surface area contributed by atoms with Crippen LogP contribution in [0.4, 0.5) is 4.39 Å². The maximum atomic E-state index is 14.8. The fourth-order valence-electron chi connectivity index (χ4n) is 3.79. The molecule has 0 bridgehead atoms. The molecular formula is C25H22FNO2S. The van der Waals surface area contributed by atoms with Gasteiger partial charge in [-0.2, -0.15) is 0 Å². The van der Waals surface area contributed by atoms with E-state index in [2.05, 4.69) is 0 Å². The number of hydrogen-bond donors (Lipinski definition) is 1. The topological polar surface area (TPSA) is 40.5 Å². The van der Waals surface area contributed by atoms with Crippen molar-refractivity contribution in [3.05, 3.63) is 107 Å². The molecule has 3 nitrogen and oxygen atoms in total. The second kappa shape index (κ2) is 8.36. The van der Waals surface area contributed by atoms with Crippen molar-refractivity contribution in [2.24, 2.45) is 0 Å². The molecule has 1 heterocycles. The van der Waals surface area contributed by atoms with Gasteiger partial charge in [-0.15, -0.1) is 11.8 Å². The predicted octanol–water partition coefficient (Wildman–Crippen LogP) is 5.91. The van der Waals surface area contributed by atoms with Crippen LogP contribution < -0.4 is 0 Å². The molecule has 0 saturated heterocycles. The van der Waals surface area contributed by atoms with Gasteiger partial charge in [0.15, 0.2) is 5.76 Å².